The topological polar surface area (TPSA) is 55.2 Å². The summed E-state index contributed by atoms with van der Waals surface area (Å²) in [5.74, 6) is 0.645. The molecule has 1 heterocycles. The van der Waals surface area contributed by atoms with Crippen LogP contribution in [0.2, 0.25) is 0 Å². The van der Waals surface area contributed by atoms with E-state index in [0.717, 1.165) is 29.7 Å². The van der Waals surface area contributed by atoms with Crippen LogP contribution in [0.25, 0.3) is 0 Å². The van der Waals surface area contributed by atoms with Gasteiger partial charge in [-0.2, -0.15) is 0 Å². The minimum atomic E-state index is -0.295. The number of nitro benzene ring substituents is 1. The average Bonchev–Trinajstić information content (AvgIpc) is 3.11. The minimum Gasteiger partial charge on any atom is -0.377 e. The molecule has 3 atom stereocenters. The number of hydrogen-bond acceptors (Lipinski definition) is 3. The number of allylic oxidation sites excluding steroid dienone is 2. The fourth-order valence-corrected chi connectivity index (χ4v) is 4.26. The molecule has 2 aromatic carbocycles. The molecule has 0 aromatic heterocycles. The van der Waals surface area contributed by atoms with E-state index < -0.39 is 0 Å². The van der Waals surface area contributed by atoms with Gasteiger partial charge in [0, 0.05) is 23.7 Å². The third-order valence-corrected chi connectivity index (χ3v) is 5.61. The van der Waals surface area contributed by atoms with Crippen molar-refractivity contribution in [3.05, 3.63) is 80.9 Å². The molecule has 25 heavy (non-hydrogen) atoms. The van der Waals surface area contributed by atoms with E-state index in [2.05, 4.69) is 48.7 Å². The summed E-state index contributed by atoms with van der Waals surface area (Å²) in [6.07, 6.45) is 6.48. The highest BCUT2D eigenvalue weighted by atomic mass is 16.6. The first-order chi connectivity index (χ1) is 12.1. The Morgan fingerprint density at radius 1 is 1.24 bits per heavy atom. The van der Waals surface area contributed by atoms with Crippen LogP contribution in [0.4, 0.5) is 11.4 Å². The summed E-state index contributed by atoms with van der Waals surface area (Å²) < 4.78 is 0. The highest BCUT2D eigenvalue weighted by Gasteiger charge is 2.39. The summed E-state index contributed by atoms with van der Waals surface area (Å²) in [6.45, 7) is 4.12. The normalized spacial score (nSPS) is 23.7. The zero-order valence-electron chi connectivity index (χ0n) is 14.5. The molecule has 2 aromatic rings. The van der Waals surface area contributed by atoms with E-state index in [1.54, 1.807) is 12.1 Å². The van der Waals surface area contributed by atoms with Gasteiger partial charge in [-0.05, 0) is 47.9 Å². The van der Waals surface area contributed by atoms with Crippen molar-refractivity contribution in [1.29, 1.82) is 0 Å². The van der Waals surface area contributed by atoms with Gasteiger partial charge in [0.2, 0.25) is 0 Å². The van der Waals surface area contributed by atoms with Crippen molar-refractivity contribution >= 4 is 11.4 Å². The van der Waals surface area contributed by atoms with Crippen LogP contribution < -0.4 is 5.32 Å². The number of fused-ring (bicyclic) bond motifs is 3. The van der Waals surface area contributed by atoms with E-state index in [1.165, 1.54) is 11.1 Å². The van der Waals surface area contributed by atoms with Gasteiger partial charge >= 0.3 is 0 Å². The van der Waals surface area contributed by atoms with Crippen LogP contribution in [0.1, 0.15) is 47.6 Å². The Bertz CT molecular complexity index is 855. The van der Waals surface area contributed by atoms with Gasteiger partial charge in [-0.3, -0.25) is 10.1 Å². The number of aryl methyl sites for hydroxylation is 2. The molecule has 0 spiro atoms. The third-order valence-electron chi connectivity index (χ3n) is 5.61. The summed E-state index contributed by atoms with van der Waals surface area (Å²) >= 11 is 0. The first kappa shape index (κ1) is 15.9. The highest BCUT2D eigenvalue weighted by molar-refractivity contribution is 5.67. The van der Waals surface area contributed by atoms with Gasteiger partial charge in [-0.15, -0.1) is 0 Å². The Morgan fingerprint density at radius 3 is 2.68 bits per heavy atom. The van der Waals surface area contributed by atoms with Crippen LogP contribution in [-0.2, 0) is 6.42 Å². The lowest BCUT2D eigenvalue weighted by molar-refractivity contribution is -0.385. The molecular formula is C21H22N2O2. The molecule has 0 fully saturated rings. The van der Waals surface area contributed by atoms with E-state index in [9.17, 15) is 10.1 Å². The zero-order valence-corrected chi connectivity index (χ0v) is 14.5. The Kier molecular flexibility index (Phi) is 3.83. The monoisotopic (exact) mass is 334 g/mol. The van der Waals surface area contributed by atoms with E-state index in [4.69, 9.17) is 0 Å². The van der Waals surface area contributed by atoms with Crippen LogP contribution in [0.3, 0.4) is 0 Å². The van der Waals surface area contributed by atoms with Gasteiger partial charge < -0.3 is 5.32 Å². The SMILES string of the molecule is CCc1ccc([C@@H]2Nc3c(C)cc([N+](=O)[O-])cc3[C@H]3C=CC[C@H]32)cc1. The number of non-ortho nitro benzene ring substituents is 1. The quantitative estimate of drug-likeness (QED) is 0.471. The van der Waals surface area contributed by atoms with Crippen molar-refractivity contribution in [2.45, 2.75) is 38.6 Å². The number of anilines is 1. The highest BCUT2D eigenvalue weighted by Crippen LogP contribution is 2.51. The lowest BCUT2D eigenvalue weighted by atomic mass is 9.76. The molecule has 2 aliphatic rings. The molecule has 4 heteroatoms. The predicted molar refractivity (Wildman–Crippen MR) is 100 cm³/mol. The van der Waals surface area contributed by atoms with Crippen molar-refractivity contribution in [3.63, 3.8) is 0 Å². The molecule has 0 unspecified atom stereocenters. The van der Waals surface area contributed by atoms with E-state index in [-0.39, 0.29) is 22.6 Å². The molecule has 128 valence electrons. The molecule has 0 saturated carbocycles. The van der Waals surface area contributed by atoms with E-state index in [1.807, 2.05) is 6.92 Å². The molecule has 4 rings (SSSR count). The van der Waals surface area contributed by atoms with Crippen molar-refractivity contribution < 1.29 is 4.92 Å². The van der Waals surface area contributed by atoms with E-state index in [0.29, 0.717) is 5.92 Å². The maximum atomic E-state index is 11.2. The molecule has 4 nitrogen and oxygen atoms in total. The maximum Gasteiger partial charge on any atom is 0.270 e. The summed E-state index contributed by atoms with van der Waals surface area (Å²) in [6, 6.07) is 12.5. The molecule has 0 amide bonds. The Balaban J connectivity index is 1.78. The van der Waals surface area contributed by atoms with Crippen molar-refractivity contribution in [3.8, 4) is 0 Å². The zero-order chi connectivity index (χ0) is 17.6. The largest absolute Gasteiger partial charge is 0.377 e. The minimum absolute atomic E-state index is 0.183. The van der Waals surface area contributed by atoms with Crippen LogP contribution in [0, 0.1) is 23.0 Å². The fourth-order valence-electron chi connectivity index (χ4n) is 4.26. The second-order valence-electron chi connectivity index (χ2n) is 7.05. The van der Waals surface area contributed by atoms with Crippen LogP contribution in [-0.4, -0.2) is 4.92 Å². The Morgan fingerprint density at radius 2 is 2.00 bits per heavy atom. The van der Waals surface area contributed by atoms with Gasteiger partial charge in [-0.25, -0.2) is 0 Å². The van der Waals surface area contributed by atoms with Gasteiger partial charge in [0.15, 0.2) is 0 Å². The second kappa shape index (κ2) is 6.03. The third kappa shape index (κ3) is 2.62. The molecule has 1 aliphatic heterocycles. The lowest BCUT2D eigenvalue weighted by Crippen LogP contribution is -2.29. The fraction of sp³-hybridized carbons (Fsp3) is 0.333. The van der Waals surface area contributed by atoms with Gasteiger partial charge in [0.05, 0.1) is 11.0 Å². The maximum absolute atomic E-state index is 11.2. The van der Waals surface area contributed by atoms with Crippen LogP contribution in [0.5, 0.6) is 0 Å². The summed E-state index contributed by atoms with van der Waals surface area (Å²) in [5, 5.41) is 14.9. The van der Waals surface area contributed by atoms with Gasteiger partial charge in [0.1, 0.15) is 0 Å². The van der Waals surface area contributed by atoms with Gasteiger partial charge in [0.25, 0.3) is 5.69 Å². The summed E-state index contributed by atoms with van der Waals surface area (Å²) in [7, 11) is 0. The Hall–Kier alpha value is -2.62. The Labute approximate surface area is 147 Å². The number of nitrogens with one attached hydrogen (secondary N) is 1. The second-order valence-corrected chi connectivity index (χ2v) is 7.05. The molecule has 0 saturated heterocycles. The standard InChI is InChI=1S/C21H22N2O2/c1-3-14-7-9-15(10-8-14)21-18-6-4-5-17(18)19-12-16(23(24)25)11-13(2)20(19)22-21/h4-5,7-12,17-18,21-22H,3,6H2,1-2H3/t17-,18+,21-/m0/s1. The van der Waals surface area contributed by atoms with E-state index >= 15 is 0 Å². The number of rotatable bonds is 3. The average molecular weight is 334 g/mol. The number of hydrogen-bond donors (Lipinski definition) is 1. The van der Waals surface area contributed by atoms with Crippen molar-refractivity contribution in [2.24, 2.45) is 5.92 Å². The lowest BCUT2D eigenvalue weighted by Gasteiger charge is -2.38. The van der Waals surface area contributed by atoms with Crippen molar-refractivity contribution in [1.82, 2.24) is 0 Å². The molecule has 0 radical (unpaired) electrons. The molecular weight excluding hydrogens is 312 g/mol. The summed E-state index contributed by atoms with van der Waals surface area (Å²) in [4.78, 5) is 10.9. The molecule has 1 N–H and O–H groups in total. The molecule has 0 bridgehead atoms. The first-order valence-electron chi connectivity index (χ1n) is 8.89. The van der Waals surface area contributed by atoms with Crippen LogP contribution >= 0.6 is 0 Å². The smallest absolute Gasteiger partial charge is 0.270 e. The number of nitro groups is 1. The number of benzene rings is 2. The van der Waals surface area contributed by atoms with Crippen molar-refractivity contribution in [2.75, 3.05) is 5.32 Å². The van der Waals surface area contributed by atoms with Crippen LogP contribution in [0.15, 0.2) is 48.6 Å². The molecule has 1 aliphatic carbocycles. The predicted octanol–water partition coefficient (Wildman–Crippen LogP) is 5.29. The number of nitrogens with zero attached hydrogens (tertiary/aromatic N) is 1. The van der Waals surface area contributed by atoms with Gasteiger partial charge in [-0.1, -0.05) is 43.3 Å². The summed E-state index contributed by atoms with van der Waals surface area (Å²) in [5.41, 5.74) is 5.88. The first-order valence-corrected chi connectivity index (χ1v) is 8.89.